The van der Waals surface area contributed by atoms with Crippen molar-refractivity contribution in [3.8, 4) is 0 Å². The van der Waals surface area contributed by atoms with Crippen molar-refractivity contribution >= 4 is 11.6 Å². The molecule has 0 aromatic carbocycles. The first kappa shape index (κ1) is 19.1. The smallest absolute Gasteiger partial charge is 0.343 e. The Kier molecular flexibility index (Phi) is 4.73. The summed E-state index contributed by atoms with van der Waals surface area (Å²) in [7, 11) is 0. The Hall–Kier alpha value is -2.87. The molecule has 0 saturated heterocycles. The molecule has 0 spiro atoms. The van der Waals surface area contributed by atoms with Crippen molar-refractivity contribution < 1.29 is 13.9 Å². The fraction of sp³-hybridized carbons (Fsp3) is 0.500. The number of esters is 1. The van der Waals surface area contributed by atoms with Gasteiger partial charge in [0.1, 0.15) is 17.1 Å². The minimum atomic E-state index is -0.489. The van der Waals surface area contributed by atoms with Crippen LogP contribution < -0.4 is 5.56 Å². The Morgan fingerprint density at radius 2 is 2.17 bits per heavy atom. The monoisotopic (exact) mass is 410 g/mol. The topological polar surface area (TPSA) is 92.8 Å². The number of hydrogen-bond acceptors (Lipinski definition) is 6. The number of carbonyl (C=O) groups is 1. The Bertz CT molecular complexity index is 1140. The van der Waals surface area contributed by atoms with E-state index >= 15 is 0 Å². The molecule has 0 aliphatic heterocycles. The molecule has 0 amide bonds. The van der Waals surface area contributed by atoms with E-state index in [0.29, 0.717) is 42.3 Å². The van der Waals surface area contributed by atoms with Crippen LogP contribution in [0.4, 0.5) is 0 Å². The van der Waals surface area contributed by atoms with Gasteiger partial charge in [-0.3, -0.25) is 14.8 Å². The van der Waals surface area contributed by atoms with Crippen LogP contribution >= 0.6 is 0 Å². The number of aromatic nitrogens is 3. The van der Waals surface area contributed by atoms with Gasteiger partial charge in [0.05, 0.1) is 18.8 Å². The minimum Gasteiger partial charge on any atom is -0.464 e. The number of furan rings is 1. The molecule has 2 aliphatic rings. The highest BCUT2D eigenvalue weighted by Crippen LogP contribution is 2.47. The standard InChI is InChI=1S/C22H26N4O4/c1-3-29-22(28)18-10-23-26-20(27)9-14(24-21(18)26)11-25(15-4-5-15)12-16-6-7-19(30-16)17-8-13(17)2/h6-7,9-10,13,15,17,23H,3-5,8,11-12H2,1-2H3. The first-order valence-electron chi connectivity index (χ1n) is 10.6. The zero-order valence-corrected chi connectivity index (χ0v) is 17.3. The Balaban J connectivity index is 1.38. The van der Waals surface area contributed by atoms with Crippen molar-refractivity contribution in [1.29, 1.82) is 0 Å². The first-order chi connectivity index (χ1) is 14.5. The van der Waals surface area contributed by atoms with Crippen LogP contribution in [0.2, 0.25) is 0 Å². The second kappa shape index (κ2) is 7.43. The summed E-state index contributed by atoms with van der Waals surface area (Å²) < 4.78 is 12.4. The second-order valence-electron chi connectivity index (χ2n) is 8.41. The van der Waals surface area contributed by atoms with Crippen LogP contribution in [0.3, 0.4) is 0 Å². The van der Waals surface area contributed by atoms with Gasteiger partial charge in [-0.25, -0.2) is 14.3 Å². The molecule has 2 atom stereocenters. The van der Waals surface area contributed by atoms with Crippen molar-refractivity contribution in [3.63, 3.8) is 0 Å². The number of ether oxygens (including phenoxy) is 1. The molecule has 8 heteroatoms. The summed E-state index contributed by atoms with van der Waals surface area (Å²) in [4.78, 5) is 31.6. The maximum Gasteiger partial charge on any atom is 0.343 e. The van der Waals surface area contributed by atoms with Gasteiger partial charge in [-0.2, -0.15) is 0 Å². The number of carbonyl (C=O) groups excluding carboxylic acids is 1. The van der Waals surface area contributed by atoms with E-state index < -0.39 is 5.97 Å². The van der Waals surface area contributed by atoms with E-state index in [1.54, 1.807) is 6.92 Å². The van der Waals surface area contributed by atoms with E-state index in [1.165, 1.54) is 23.2 Å². The number of rotatable bonds is 8. The highest BCUT2D eigenvalue weighted by atomic mass is 16.5. The second-order valence-corrected chi connectivity index (χ2v) is 8.41. The van der Waals surface area contributed by atoms with Gasteiger partial charge in [-0.05, 0) is 44.2 Å². The zero-order valence-electron chi connectivity index (χ0n) is 17.3. The van der Waals surface area contributed by atoms with E-state index in [1.807, 2.05) is 0 Å². The van der Waals surface area contributed by atoms with Crippen molar-refractivity contribution in [3.05, 3.63) is 57.5 Å². The van der Waals surface area contributed by atoms with Crippen molar-refractivity contribution in [2.75, 3.05) is 6.61 Å². The predicted molar refractivity (Wildman–Crippen MR) is 109 cm³/mol. The molecule has 5 rings (SSSR count). The van der Waals surface area contributed by atoms with Crippen LogP contribution in [0.1, 0.15) is 66.6 Å². The molecule has 8 nitrogen and oxygen atoms in total. The number of fused-ring (bicyclic) bond motifs is 1. The predicted octanol–water partition coefficient (Wildman–Crippen LogP) is 3.08. The fourth-order valence-corrected chi connectivity index (χ4v) is 4.03. The normalized spacial score (nSPS) is 20.8. The molecular weight excluding hydrogens is 384 g/mol. The number of nitrogens with one attached hydrogen (secondary N) is 1. The Morgan fingerprint density at radius 3 is 2.87 bits per heavy atom. The highest BCUT2D eigenvalue weighted by molar-refractivity contribution is 5.95. The number of nitrogens with zero attached hydrogens (tertiary/aromatic N) is 3. The Morgan fingerprint density at radius 1 is 1.37 bits per heavy atom. The third-order valence-corrected chi connectivity index (χ3v) is 5.99. The zero-order chi connectivity index (χ0) is 20.8. The summed E-state index contributed by atoms with van der Waals surface area (Å²) in [5.41, 5.74) is 0.960. The molecule has 2 unspecified atom stereocenters. The van der Waals surface area contributed by atoms with Gasteiger partial charge in [-0.15, -0.1) is 0 Å². The summed E-state index contributed by atoms with van der Waals surface area (Å²) in [5, 5.41) is 2.79. The lowest BCUT2D eigenvalue weighted by Crippen LogP contribution is -2.27. The maximum absolute atomic E-state index is 12.5. The van der Waals surface area contributed by atoms with Gasteiger partial charge in [0, 0.05) is 30.8 Å². The van der Waals surface area contributed by atoms with Gasteiger partial charge < -0.3 is 9.15 Å². The molecule has 2 aliphatic carbocycles. The molecule has 0 bridgehead atoms. The molecule has 0 radical (unpaired) electrons. The summed E-state index contributed by atoms with van der Waals surface area (Å²) in [5.74, 6) is 2.81. The van der Waals surface area contributed by atoms with Crippen LogP contribution in [0.25, 0.3) is 5.65 Å². The highest BCUT2D eigenvalue weighted by Gasteiger charge is 2.37. The number of aromatic amines is 1. The van der Waals surface area contributed by atoms with Crippen LogP contribution in [-0.2, 0) is 17.8 Å². The van der Waals surface area contributed by atoms with Crippen molar-refractivity contribution in [2.24, 2.45) is 5.92 Å². The minimum absolute atomic E-state index is 0.246. The first-order valence-corrected chi connectivity index (χ1v) is 10.6. The summed E-state index contributed by atoms with van der Waals surface area (Å²) in [6.07, 6.45) is 4.93. The molecule has 2 saturated carbocycles. The van der Waals surface area contributed by atoms with Crippen LogP contribution in [-0.4, -0.2) is 38.1 Å². The molecule has 1 N–H and O–H groups in total. The molecule has 30 heavy (non-hydrogen) atoms. The fourth-order valence-electron chi connectivity index (χ4n) is 4.03. The van der Waals surface area contributed by atoms with Crippen LogP contribution in [0.15, 0.2) is 33.6 Å². The van der Waals surface area contributed by atoms with E-state index in [0.717, 1.165) is 24.4 Å². The van der Waals surface area contributed by atoms with Gasteiger partial charge in [0.2, 0.25) is 0 Å². The van der Waals surface area contributed by atoms with Crippen LogP contribution in [0, 0.1) is 5.92 Å². The summed E-state index contributed by atoms with van der Waals surface area (Å²) in [6, 6.07) is 6.14. The molecule has 3 heterocycles. The largest absolute Gasteiger partial charge is 0.464 e. The van der Waals surface area contributed by atoms with E-state index in [4.69, 9.17) is 9.15 Å². The van der Waals surface area contributed by atoms with Gasteiger partial charge in [-0.1, -0.05) is 6.92 Å². The third kappa shape index (κ3) is 3.67. The van der Waals surface area contributed by atoms with Crippen molar-refractivity contribution in [1.82, 2.24) is 19.5 Å². The lowest BCUT2D eigenvalue weighted by Gasteiger charge is -2.20. The summed E-state index contributed by atoms with van der Waals surface area (Å²) in [6.45, 7) is 5.47. The lowest BCUT2D eigenvalue weighted by molar-refractivity contribution is 0.0528. The van der Waals surface area contributed by atoms with E-state index in [2.05, 4.69) is 34.0 Å². The third-order valence-electron chi connectivity index (χ3n) is 5.99. The van der Waals surface area contributed by atoms with E-state index in [9.17, 15) is 9.59 Å². The van der Waals surface area contributed by atoms with Crippen LogP contribution in [0.5, 0.6) is 0 Å². The Labute approximate surface area is 173 Å². The average Bonchev–Trinajstić information content (AvgIpc) is 3.59. The lowest BCUT2D eigenvalue weighted by atomic mass is 10.2. The van der Waals surface area contributed by atoms with Crippen molar-refractivity contribution in [2.45, 2.75) is 58.2 Å². The van der Waals surface area contributed by atoms with Gasteiger partial charge >= 0.3 is 5.97 Å². The quantitative estimate of drug-likeness (QED) is 0.574. The SMILES string of the molecule is CCOC(=O)c1c[nH]n2c(=O)cc(CN(Cc3ccc(C4CC4C)o3)C3CC3)nc12. The van der Waals surface area contributed by atoms with Gasteiger partial charge in [0.25, 0.3) is 5.56 Å². The average molecular weight is 410 g/mol. The number of hydrogen-bond donors (Lipinski definition) is 1. The molecule has 2 fully saturated rings. The molecule has 3 aromatic heterocycles. The van der Waals surface area contributed by atoms with Gasteiger partial charge in [0.15, 0.2) is 5.65 Å². The molecule has 3 aromatic rings. The van der Waals surface area contributed by atoms with E-state index in [-0.39, 0.29) is 17.7 Å². The maximum atomic E-state index is 12.5. The summed E-state index contributed by atoms with van der Waals surface area (Å²) >= 11 is 0. The molecule has 158 valence electrons. The number of H-pyrrole nitrogens is 1. The molecular formula is C22H26N4O4.